The van der Waals surface area contributed by atoms with Gasteiger partial charge in [-0.2, -0.15) is 5.10 Å². The summed E-state index contributed by atoms with van der Waals surface area (Å²) in [5.41, 5.74) is 8.93. The lowest BCUT2D eigenvalue weighted by molar-refractivity contribution is 0.123. The zero-order chi connectivity index (χ0) is 28.3. The third-order valence-corrected chi connectivity index (χ3v) is 7.87. The fraction of sp³-hybridized carbons (Fsp3) is 0.433. The highest BCUT2D eigenvalue weighted by Crippen LogP contribution is 2.37. The molecule has 0 radical (unpaired) electrons. The van der Waals surface area contributed by atoms with Crippen LogP contribution in [0.15, 0.2) is 41.5 Å². The van der Waals surface area contributed by atoms with Gasteiger partial charge in [-0.1, -0.05) is 20.8 Å². The van der Waals surface area contributed by atoms with E-state index >= 15 is 0 Å². The van der Waals surface area contributed by atoms with E-state index in [-0.39, 0.29) is 11.1 Å². The summed E-state index contributed by atoms with van der Waals surface area (Å²) in [6, 6.07) is 8.78. The molecule has 0 spiro atoms. The minimum Gasteiger partial charge on any atom is -0.378 e. The molecule has 0 bridgehead atoms. The number of aryl methyl sites for hydroxylation is 3. The third kappa shape index (κ3) is 4.22. The molecule has 6 rings (SSSR count). The van der Waals surface area contributed by atoms with E-state index in [0.717, 1.165) is 63.5 Å². The lowest BCUT2D eigenvalue weighted by Crippen LogP contribution is -2.36. The summed E-state index contributed by atoms with van der Waals surface area (Å²) in [5, 5.41) is 7.75. The van der Waals surface area contributed by atoms with Crippen molar-refractivity contribution in [3.8, 4) is 16.8 Å². The first-order valence-corrected chi connectivity index (χ1v) is 13.8. The molecule has 0 atom stereocenters. The van der Waals surface area contributed by atoms with E-state index in [1.807, 2.05) is 45.3 Å². The predicted octanol–water partition coefficient (Wildman–Crippen LogP) is 3.47. The van der Waals surface area contributed by atoms with E-state index < -0.39 is 0 Å². The Kier molecular flexibility index (Phi) is 6.35. The van der Waals surface area contributed by atoms with Crippen molar-refractivity contribution >= 4 is 27.8 Å². The van der Waals surface area contributed by atoms with E-state index in [2.05, 4.69) is 64.9 Å². The molecule has 1 N–H and O–H groups in total. The lowest BCUT2D eigenvalue weighted by atomic mass is 9.95. The highest BCUT2D eigenvalue weighted by molar-refractivity contribution is 5.93. The second-order valence-corrected chi connectivity index (χ2v) is 11.8. The topological polar surface area (TPSA) is 87.1 Å². The maximum absolute atomic E-state index is 13.1. The van der Waals surface area contributed by atoms with E-state index in [4.69, 9.17) is 9.72 Å². The normalized spacial score (nSPS) is 14.6. The molecule has 5 aromatic rings. The molecule has 1 fully saturated rings. The number of fused-ring (bicyclic) bond motifs is 2. The van der Waals surface area contributed by atoms with Crippen molar-refractivity contribution in [1.29, 1.82) is 0 Å². The Morgan fingerprint density at radius 1 is 1.00 bits per heavy atom. The van der Waals surface area contributed by atoms with Gasteiger partial charge in [-0.05, 0) is 42.4 Å². The zero-order valence-electron chi connectivity index (χ0n) is 24.4. The van der Waals surface area contributed by atoms with Crippen molar-refractivity contribution < 1.29 is 4.74 Å². The molecule has 0 aliphatic carbocycles. The van der Waals surface area contributed by atoms with Crippen LogP contribution in [0.25, 0.3) is 38.9 Å². The third-order valence-electron chi connectivity index (χ3n) is 7.87. The van der Waals surface area contributed by atoms with Gasteiger partial charge in [0.25, 0.3) is 0 Å². The number of hydrogen-bond donors (Lipinski definition) is 1. The first-order valence-electron chi connectivity index (χ1n) is 13.8. The average molecular weight is 543 g/mol. The van der Waals surface area contributed by atoms with Crippen molar-refractivity contribution in [2.24, 2.45) is 21.1 Å². The Morgan fingerprint density at radius 3 is 2.40 bits per heavy atom. The summed E-state index contributed by atoms with van der Waals surface area (Å²) in [6.45, 7) is 10.2. The monoisotopic (exact) mass is 542 g/mol. The van der Waals surface area contributed by atoms with Gasteiger partial charge in [-0.25, -0.2) is 9.78 Å². The van der Waals surface area contributed by atoms with Crippen molar-refractivity contribution in [1.82, 2.24) is 33.8 Å². The number of benzene rings is 2. The van der Waals surface area contributed by atoms with Crippen LogP contribution in [0.5, 0.6) is 0 Å². The summed E-state index contributed by atoms with van der Waals surface area (Å²) in [4.78, 5) is 20.7. The summed E-state index contributed by atoms with van der Waals surface area (Å²) < 4.78 is 13.3. The first kappa shape index (κ1) is 26.3. The van der Waals surface area contributed by atoms with Crippen LogP contribution in [0.1, 0.15) is 32.2 Å². The molecule has 0 unspecified atom stereocenters. The fourth-order valence-electron chi connectivity index (χ4n) is 5.88. The van der Waals surface area contributed by atoms with E-state index in [0.29, 0.717) is 19.8 Å². The van der Waals surface area contributed by atoms with Gasteiger partial charge in [0.1, 0.15) is 5.82 Å². The Bertz CT molecular complexity index is 1790. The number of nitrogens with zero attached hydrogens (tertiary/aromatic N) is 7. The van der Waals surface area contributed by atoms with Crippen LogP contribution >= 0.6 is 0 Å². The number of hydrogen-bond acceptors (Lipinski definition) is 6. The van der Waals surface area contributed by atoms with Crippen LogP contribution < -0.4 is 15.9 Å². The van der Waals surface area contributed by atoms with E-state index in [9.17, 15) is 4.79 Å². The minimum absolute atomic E-state index is 0.0365. The van der Waals surface area contributed by atoms with E-state index in [1.165, 1.54) is 5.56 Å². The maximum atomic E-state index is 13.1. The standard InChI is InChI=1S/C30H38N8O2/c1-30(2,3)28-33-23-15-22(20-17-32-34(5)18-20)19(16-31-4)12-24(23)38(28)21-13-25-27(36(7)29(39)35(25)6)26(14-21)37-8-10-40-11-9-37/h12-15,17-18,31H,8-11,16H2,1-7H3. The van der Waals surface area contributed by atoms with Gasteiger partial charge in [0.15, 0.2) is 0 Å². The number of imidazole rings is 2. The second-order valence-electron chi connectivity index (χ2n) is 11.8. The van der Waals surface area contributed by atoms with Crippen molar-refractivity contribution in [2.75, 3.05) is 38.3 Å². The van der Waals surface area contributed by atoms with Crippen molar-refractivity contribution in [2.45, 2.75) is 32.7 Å². The van der Waals surface area contributed by atoms with Crippen LogP contribution in [0.3, 0.4) is 0 Å². The summed E-state index contributed by atoms with van der Waals surface area (Å²) in [5.74, 6) is 0.967. The number of nitrogens with one attached hydrogen (secondary N) is 1. The predicted molar refractivity (Wildman–Crippen MR) is 159 cm³/mol. The molecule has 210 valence electrons. The molecular formula is C30H38N8O2. The highest BCUT2D eigenvalue weighted by Gasteiger charge is 2.27. The van der Waals surface area contributed by atoms with Gasteiger partial charge in [0.05, 0.1) is 52.9 Å². The molecule has 10 heteroatoms. The fourth-order valence-corrected chi connectivity index (χ4v) is 5.88. The summed E-state index contributed by atoms with van der Waals surface area (Å²) >= 11 is 0. The number of anilines is 1. The molecule has 10 nitrogen and oxygen atoms in total. The Hall–Kier alpha value is -3.89. The van der Waals surface area contributed by atoms with Gasteiger partial charge >= 0.3 is 5.69 Å². The van der Waals surface area contributed by atoms with Crippen molar-refractivity contribution in [3.63, 3.8) is 0 Å². The van der Waals surface area contributed by atoms with Gasteiger partial charge in [0.2, 0.25) is 0 Å². The van der Waals surface area contributed by atoms with Crippen molar-refractivity contribution in [3.05, 3.63) is 58.5 Å². The minimum atomic E-state index is -0.229. The lowest BCUT2D eigenvalue weighted by Gasteiger charge is -2.30. The number of morpholine rings is 1. The van der Waals surface area contributed by atoms with Gasteiger partial charge in [0, 0.05) is 58.0 Å². The van der Waals surface area contributed by atoms with Crippen LogP contribution in [0.4, 0.5) is 5.69 Å². The van der Waals surface area contributed by atoms with Crippen LogP contribution in [-0.4, -0.2) is 61.8 Å². The molecule has 0 amide bonds. The second kappa shape index (κ2) is 9.64. The molecule has 0 saturated carbocycles. The first-order chi connectivity index (χ1) is 19.1. The molecule has 1 saturated heterocycles. The summed E-state index contributed by atoms with van der Waals surface area (Å²) in [6.07, 6.45) is 3.95. The molecule has 3 aromatic heterocycles. The number of rotatable bonds is 5. The van der Waals surface area contributed by atoms with Crippen LogP contribution in [0.2, 0.25) is 0 Å². The highest BCUT2D eigenvalue weighted by atomic mass is 16.5. The Labute approximate surface area is 233 Å². The Morgan fingerprint density at radius 2 is 1.75 bits per heavy atom. The molecule has 1 aliphatic rings. The van der Waals surface area contributed by atoms with Gasteiger partial charge < -0.3 is 15.0 Å². The smallest absolute Gasteiger partial charge is 0.328 e. The Balaban J connectivity index is 1.67. The molecule has 1 aliphatic heterocycles. The molecule has 40 heavy (non-hydrogen) atoms. The van der Waals surface area contributed by atoms with Gasteiger partial charge in [-0.15, -0.1) is 0 Å². The largest absolute Gasteiger partial charge is 0.378 e. The van der Waals surface area contributed by atoms with Crippen LogP contribution in [0, 0.1) is 0 Å². The molecule has 2 aromatic carbocycles. The molecular weight excluding hydrogens is 504 g/mol. The maximum Gasteiger partial charge on any atom is 0.328 e. The number of aromatic nitrogens is 6. The zero-order valence-corrected chi connectivity index (χ0v) is 24.4. The van der Waals surface area contributed by atoms with Crippen LogP contribution in [-0.2, 0) is 37.8 Å². The summed E-state index contributed by atoms with van der Waals surface area (Å²) in [7, 11) is 7.60. The SMILES string of the molecule is CNCc1cc2c(cc1-c1cnn(C)c1)nc(C(C)(C)C)n2-c1cc(N2CCOCC2)c2c(c1)n(C)c(=O)n2C. The van der Waals surface area contributed by atoms with E-state index in [1.54, 1.807) is 9.13 Å². The molecule has 4 heterocycles. The quantitative estimate of drug-likeness (QED) is 0.366. The average Bonchev–Trinajstić information content (AvgIpc) is 3.59. The van der Waals surface area contributed by atoms with Gasteiger partial charge in [-0.3, -0.25) is 18.4 Å². The number of ether oxygens (including phenoxy) is 1.